The Labute approximate surface area is 144 Å². The number of piperidine rings is 2. The van der Waals surface area contributed by atoms with Gasteiger partial charge in [-0.25, -0.2) is 0 Å². The van der Waals surface area contributed by atoms with Crippen LogP contribution in [-0.2, 0) is 22.4 Å². The van der Waals surface area contributed by atoms with E-state index >= 15 is 0 Å². The lowest BCUT2D eigenvalue weighted by Crippen LogP contribution is -2.36. The second kappa shape index (κ2) is 8.32. The third kappa shape index (κ3) is 4.59. The minimum atomic E-state index is 0.229. The molecule has 2 heterocycles. The van der Waals surface area contributed by atoms with Gasteiger partial charge in [-0.2, -0.15) is 0 Å². The maximum absolute atomic E-state index is 12.3. The van der Waals surface area contributed by atoms with Crippen molar-refractivity contribution in [1.29, 1.82) is 0 Å². The molecule has 2 aliphatic rings. The fraction of sp³-hybridized carbons (Fsp3) is 0.600. The number of likely N-dealkylation sites (tertiary alicyclic amines) is 2. The van der Waals surface area contributed by atoms with Crippen LogP contribution in [0.4, 0.5) is 0 Å². The normalized spacial score (nSPS) is 18.5. The Balaban J connectivity index is 1.51. The molecule has 0 unspecified atom stereocenters. The summed E-state index contributed by atoms with van der Waals surface area (Å²) in [6.07, 6.45) is 7.94. The van der Waals surface area contributed by atoms with Gasteiger partial charge < -0.3 is 9.80 Å². The van der Waals surface area contributed by atoms with Crippen LogP contribution in [-0.4, -0.2) is 47.8 Å². The molecule has 0 aliphatic carbocycles. The molecule has 1 aromatic rings. The number of carbonyl (C=O) groups is 2. The van der Waals surface area contributed by atoms with E-state index in [1.165, 1.54) is 12.8 Å². The first-order chi connectivity index (χ1) is 11.7. The number of nitrogens with zero attached hydrogens (tertiary/aromatic N) is 2. The predicted octanol–water partition coefficient (Wildman–Crippen LogP) is 2.80. The van der Waals surface area contributed by atoms with Gasteiger partial charge in [-0.15, -0.1) is 0 Å². The first kappa shape index (κ1) is 17.0. The molecule has 130 valence electrons. The van der Waals surface area contributed by atoms with Gasteiger partial charge in [-0.3, -0.25) is 9.59 Å². The van der Waals surface area contributed by atoms with Gasteiger partial charge in [0.1, 0.15) is 0 Å². The van der Waals surface area contributed by atoms with Gasteiger partial charge in [0.25, 0.3) is 0 Å². The Morgan fingerprint density at radius 1 is 0.625 bits per heavy atom. The number of amides is 2. The van der Waals surface area contributed by atoms with E-state index in [1.807, 2.05) is 34.1 Å². The Bertz CT molecular complexity index is 505. The van der Waals surface area contributed by atoms with Crippen LogP contribution in [0.25, 0.3) is 0 Å². The van der Waals surface area contributed by atoms with Crippen LogP contribution >= 0.6 is 0 Å². The summed E-state index contributed by atoms with van der Waals surface area (Å²) in [5, 5.41) is 0. The highest BCUT2D eigenvalue weighted by atomic mass is 16.2. The van der Waals surface area contributed by atoms with Crippen LogP contribution < -0.4 is 0 Å². The molecular formula is C20H28N2O2. The summed E-state index contributed by atoms with van der Waals surface area (Å²) in [6, 6.07) is 8.00. The highest BCUT2D eigenvalue weighted by molar-refractivity contribution is 5.80. The van der Waals surface area contributed by atoms with Crippen molar-refractivity contribution >= 4 is 11.8 Å². The van der Waals surface area contributed by atoms with Crippen LogP contribution in [0.15, 0.2) is 24.3 Å². The maximum atomic E-state index is 12.3. The monoisotopic (exact) mass is 328 g/mol. The SMILES string of the molecule is O=C(Cc1ccc(CC(=O)N2CCCCC2)cc1)N1CCCCC1. The van der Waals surface area contributed by atoms with Crippen molar-refractivity contribution in [3.05, 3.63) is 35.4 Å². The Morgan fingerprint density at radius 2 is 0.958 bits per heavy atom. The summed E-state index contributed by atoms with van der Waals surface area (Å²) in [5.74, 6) is 0.457. The van der Waals surface area contributed by atoms with Crippen LogP contribution in [0, 0.1) is 0 Å². The van der Waals surface area contributed by atoms with Crippen LogP contribution in [0.5, 0.6) is 0 Å². The van der Waals surface area contributed by atoms with Crippen LogP contribution in [0.3, 0.4) is 0 Å². The number of carbonyl (C=O) groups excluding carboxylic acids is 2. The molecule has 2 saturated heterocycles. The van der Waals surface area contributed by atoms with E-state index in [-0.39, 0.29) is 11.8 Å². The van der Waals surface area contributed by atoms with Gasteiger partial charge in [0.2, 0.25) is 11.8 Å². The van der Waals surface area contributed by atoms with Gasteiger partial charge in [-0.1, -0.05) is 24.3 Å². The Hall–Kier alpha value is -1.84. The number of hydrogen-bond donors (Lipinski definition) is 0. The van der Waals surface area contributed by atoms with Gasteiger partial charge in [0.15, 0.2) is 0 Å². The molecule has 0 bridgehead atoms. The van der Waals surface area contributed by atoms with Gasteiger partial charge in [0, 0.05) is 26.2 Å². The Morgan fingerprint density at radius 3 is 1.29 bits per heavy atom. The maximum Gasteiger partial charge on any atom is 0.226 e. The van der Waals surface area contributed by atoms with E-state index < -0.39 is 0 Å². The molecule has 3 rings (SSSR count). The molecule has 4 nitrogen and oxygen atoms in total. The zero-order valence-electron chi connectivity index (χ0n) is 14.5. The second-order valence-corrected chi connectivity index (χ2v) is 7.05. The van der Waals surface area contributed by atoms with Gasteiger partial charge in [-0.05, 0) is 49.7 Å². The molecule has 2 amide bonds. The first-order valence-corrected chi connectivity index (χ1v) is 9.36. The van der Waals surface area contributed by atoms with E-state index in [4.69, 9.17) is 0 Å². The summed E-state index contributed by atoms with van der Waals surface area (Å²) in [6.45, 7) is 3.62. The van der Waals surface area contributed by atoms with E-state index in [9.17, 15) is 9.59 Å². The summed E-state index contributed by atoms with van der Waals surface area (Å²) >= 11 is 0. The molecule has 0 spiro atoms. The van der Waals surface area contributed by atoms with Crippen LogP contribution in [0.1, 0.15) is 49.7 Å². The van der Waals surface area contributed by atoms with Crippen molar-refractivity contribution in [3.8, 4) is 0 Å². The third-order valence-electron chi connectivity index (χ3n) is 5.15. The lowest BCUT2D eigenvalue weighted by atomic mass is 10.0. The highest BCUT2D eigenvalue weighted by Crippen LogP contribution is 2.14. The van der Waals surface area contributed by atoms with Crippen molar-refractivity contribution in [2.45, 2.75) is 51.4 Å². The van der Waals surface area contributed by atoms with Crippen molar-refractivity contribution in [3.63, 3.8) is 0 Å². The largest absolute Gasteiger partial charge is 0.342 e. The zero-order chi connectivity index (χ0) is 16.8. The fourth-order valence-corrected chi connectivity index (χ4v) is 3.63. The molecule has 0 radical (unpaired) electrons. The summed E-state index contributed by atoms with van der Waals surface area (Å²) in [7, 11) is 0. The molecule has 0 saturated carbocycles. The highest BCUT2D eigenvalue weighted by Gasteiger charge is 2.18. The number of hydrogen-bond acceptors (Lipinski definition) is 2. The Kier molecular flexibility index (Phi) is 5.89. The lowest BCUT2D eigenvalue weighted by molar-refractivity contribution is -0.132. The van der Waals surface area contributed by atoms with Crippen molar-refractivity contribution in [2.24, 2.45) is 0 Å². The van der Waals surface area contributed by atoms with E-state index in [1.54, 1.807) is 0 Å². The molecule has 0 atom stereocenters. The lowest BCUT2D eigenvalue weighted by Gasteiger charge is -2.27. The smallest absolute Gasteiger partial charge is 0.226 e. The van der Waals surface area contributed by atoms with E-state index in [2.05, 4.69) is 0 Å². The fourth-order valence-electron chi connectivity index (χ4n) is 3.63. The van der Waals surface area contributed by atoms with Gasteiger partial charge in [0.05, 0.1) is 12.8 Å². The molecule has 4 heteroatoms. The predicted molar refractivity (Wildman–Crippen MR) is 94.7 cm³/mol. The minimum Gasteiger partial charge on any atom is -0.342 e. The molecule has 1 aromatic carbocycles. The van der Waals surface area contributed by atoms with Crippen molar-refractivity contribution in [2.75, 3.05) is 26.2 Å². The summed E-state index contributed by atoms with van der Waals surface area (Å²) in [4.78, 5) is 28.6. The van der Waals surface area contributed by atoms with E-state index in [0.29, 0.717) is 12.8 Å². The van der Waals surface area contributed by atoms with Crippen molar-refractivity contribution < 1.29 is 9.59 Å². The topological polar surface area (TPSA) is 40.6 Å². The second-order valence-electron chi connectivity index (χ2n) is 7.05. The van der Waals surface area contributed by atoms with E-state index in [0.717, 1.165) is 63.0 Å². The first-order valence-electron chi connectivity index (χ1n) is 9.36. The van der Waals surface area contributed by atoms with Crippen LogP contribution in [0.2, 0.25) is 0 Å². The molecule has 2 aliphatic heterocycles. The molecule has 24 heavy (non-hydrogen) atoms. The summed E-state index contributed by atoms with van der Waals surface area (Å²) in [5.41, 5.74) is 2.08. The average Bonchev–Trinajstić information content (AvgIpc) is 2.65. The third-order valence-corrected chi connectivity index (χ3v) is 5.15. The molecule has 0 N–H and O–H groups in total. The molecule has 0 aromatic heterocycles. The standard InChI is InChI=1S/C20H28N2O2/c23-19(21-11-3-1-4-12-21)15-17-7-9-18(10-8-17)16-20(24)22-13-5-2-6-14-22/h7-10H,1-6,11-16H2. The minimum absolute atomic E-state index is 0.229. The number of benzene rings is 1. The zero-order valence-corrected chi connectivity index (χ0v) is 14.5. The summed E-state index contributed by atoms with van der Waals surface area (Å²) < 4.78 is 0. The quantitative estimate of drug-likeness (QED) is 0.853. The molecule has 2 fully saturated rings. The number of rotatable bonds is 4. The van der Waals surface area contributed by atoms with Gasteiger partial charge >= 0.3 is 0 Å². The average molecular weight is 328 g/mol. The molecular weight excluding hydrogens is 300 g/mol. The van der Waals surface area contributed by atoms with Crippen molar-refractivity contribution in [1.82, 2.24) is 9.80 Å².